The standard InChI is InChI=1S/C29H45NO4/c1-22(8-6-9-23(2)26-18-31-15-11-28(26)20-33-28)16-25-17-32-19-27(29(25)21-34-29)24(3)10-7-14-30-12-4-5-13-30/h8,25H,4-7,9-21H2,1-3H3. The van der Waals surface area contributed by atoms with Gasteiger partial charge in [0.15, 0.2) is 0 Å². The Hall–Kier alpha value is -0.980. The van der Waals surface area contributed by atoms with Gasteiger partial charge in [0.05, 0.1) is 39.6 Å². The maximum absolute atomic E-state index is 6.21. The van der Waals surface area contributed by atoms with E-state index < -0.39 is 0 Å². The minimum atomic E-state index is -0.0436. The number of epoxide rings is 2. The van der Waals surface area contributed by atoms with E-state index in [2.05, 4.69) is 31.7 Å². The van der Waals surface area contributed by atoms with Crippen molar-refractivity contribution in [2.24, 2.45) is 5.92 Å². The lowest BCUT2D eigenvalue weighted by atomic mass is 9.78. The summed E-state index contributed by atoms with van der Waals surface area (Å²) in [5, 5.41) is 0. The molecule has 0 N–H and O–H groups in total. The van der Waals surface area contributed by atoms with Crippen LogP contribution in [0.5, 0.6) is 0 Å². The van der Waals surface area contributed by atoms with Gasteiger partial charge in [-0.15, -0.1) is 0 Å². The van der Waals surface area contributed by atoms with E-state index in [1.807, 2.05) is 0 Å². The molecule has 34 heavy (non-hydrogen) atoms. The number of allylic oxidation sites excluding steroid dienone is 4. The molecule has 3 unspecified atom stereocenters. The predicted molar refractivity (Wildman–Crippen MR) is 135 cm³/mol. The summed E-state index contributed by atoms with van der Waals surface area (Å²) in [5.74, 6) is 0.440. The van der Waals surface area contributed by atoms with Crippen LogP contribution in [0.3, 0.4) is 0 Å². The molecule has 0 aliphatic carbocycles. The molecule has 0 amide bonds. The monoisotopic (exact) mass is 471 g/mol. The number of nitrogens with zero attached hydrogens (tertiary/aromatic N) is 1. The van der Waals surface area contributed by atoms with Gasteiger partial charge in [-0.2, -0.15) is 0 Å². The van der Waals surface area contributed by atoms with Crippen molar-refractivity contribution in [2.45, 2.75) is 83.3 Å². The second-order valence-electron chi connectivity index (χ2n) is 11.4. The van der Waals surface area contributed by atoms with Crippen molar-refractivity contribution in [3.63, 3.8) is 0 Å². The van der Waals surface area contributed by atoms with E-state index in [0.29, 0.717) is 5.92 Å². The fourth-order valence-corrected chi connectivity index (χ4v) is 6.50. The Labute approximate surface area is 206 Å². The molecule has 2 spiro atoms. The van der Waals surface area contributed by atoms with Gasteiger partial charge in [-0.1, -0.05) is 22.8 Å². The van der Waals surface area contributed by atoms with Gasteiger partial charge in [0.1, 0.15) is 11.2 Å². The smallest absolute Gasteiger partial charge is 0.120 e. The molecule has 0 radical (unpaired) electrons. The first-order chi connectivity index (χ1) is 16.5. The second kappa shape index (κ2) is 10.6. The molecular weight excluding hydrogens is 426 g/mol. The Balaban J connectivity index is 1.14. The summed E-state index contributed by atoms with van der Waals surface area (Å²) in [6.45, 7) is 15.6. The molecule has 5 saturated heterocycles. The summed E-state index contributed by atoms with van der Waals surface area (Å²) in [5.41, 5.74) is 7.28. The highest BCUT2D eigenvalue weighted by atomic mass is 16.6. The Bertz CT molecular complexity index is 827. The summed E-state index contributed by atoms with van der Waals surface area (Å²) < 4.78 is 23.9. The van der Waals surface area contributed by atoms with E-state index in [1.54, 1.807) is 0 Å². The van der Waals surface area contributed by atoms with Crippen LogP contribution in [0.25, 0.3) is 0 Å². The molecule has 5 nitrogen and oxygen atoms in total. The molecule has 0 aromatic carbocycles. The van der Waals surface area contributed by atoms with Gasteiger partial charge in [0, 0.05) is 12.3 Å². The molecule has 5 aliphatic heterocycles. The third-order valence-electron chi connectivity index (χ3n) is 8.97. The minimum absolute atomic E-state index is 0.0330. The van der Waals surface area contributed by atoms with Crippen molar-refractivity contribution in [3.8, 4) is 0 Å². The van der Waals surface area contributed by atoms with Gasteiger partial charge in [0.25, 0.3) is 0 Å². The van der Waals surface area contributed by atoms with E-state index >= 15 is 0 Å². The van der Waals surface area contributed by atoms with E-state index in [4.69, 9.17) is 18.9 Å². The highest BCUT2D eigenvalue weighted by Crippen LogP contribution is 2.49. The lowest BCUT2D eigenvalue weighted by molar-refractivity contribution is 0.0392. The molecule has 0 saturated carbocycles. The molecule has 5 heterocycles. The predicted octanol–water partition coefficient (Wildman–Crippen LogP) is 5.22. The van der Waals surface area contributed by atoms with Crippen LogP contribution in [-0.2, 0) is 18.9 Å². The molecule has 0 bridgehead atoms. The Morgan fingerprint density at radius 2 is 1.71 bits per heavy atom. The second-order valence-corrected chi connectivity index (χ2v) is 11.4. The van der Waals surface area contributed by atoms with Gasteiger partial charge in [-0.3, -0.25) is 0 Å². The summed E-state index contributed by atoms with van der Waals surface area (Å²) in [7, 11) is 0. The van der Waals surface area contributed by atoms with Crippen molar-refractivity contribution < 1.29 is 18.9 Å². The lowest BCUT2D eigenvalue weighted by Gasteiger charge is -2.33. The molecule has 5 fully saturated rings. The molecule has 0 aromatic heterocycles. The van der Waals surface area contributed by atoms with Crippen LogP contribution in [0, 0.1) is 5.92 Å². The minimum Gasteiger partial charge on any atom is -0.377 e. The number of hydrogen-bond donors (Lipinski definition) is 0. The fraction of sp³-hybridized carbons (Fsp3) is 0.793. The molecule has 5 rings (SSSR count). The number of ether oxygens (including phenoxy) is 4. The number of hydrogen-bond acceptors (Lipinski definition) is 5. The fourth-order valence-electron chi connectivity index (χ4n) is 6.50. The van der Waals surface area contributed by atoms with Crippen LogP contribution in [0.15, 0.2) is 33.9 Å². The molecule has 5 heteroatoms. The highest BCUT2D eigenvalue weighted by molar-refractivity contribution is 5.33. The quantitative estimate of drug-likeness (QED) is 0.341. The Kier molecular flexibility index (Phi) is 7.67. The van der Waals surface area contributed by atoms with E-state index in [9.17, 15) is 0 Å². The van der Waals surface area contributed by atoms with Gasteiger partial charge in [0.2, 0.25) is 0 Å². The normalized spacial score (nSPS) is 36.9. The largest absolute Gasteiger partial charge is 0.377 e. The number of likely N-dealkylation sites (tertiary alicyclic amines) is 1. The maximum Gasteiger partial charge on any atom is 0.120 e. The van der Waals surface area contributed by atoms with Crippen molar-refractivity contribution in [3.05, 3.63) is 33.9 Å². The SMILES string of the molecule is CC(=CCCC(C)=C1COCCC12CO2)CC1COCC(=C(C)CCCN2CCCC2)C12CO2. The summed E-state index contributed by atoms with van der Waals surface area (Å²) in [6, 6.07) is 0. The zero-order valence-electron chi connectivity index (χ0n) is 21.8. The first kappa shape index (κ1) is 24.7. The molecule has 190 valence electrons. The third-order valence-corrected chi connectivity index (χ3v) is 8.97. The Morgan fingerprint density at radius 3 is 2.44 bits per heavy atom. The summed E-state index contributed by atoms with van der Waals surface area (Å²) >= 11 is 0. The first-order valence-corrected chi connectivity index (χ1v) is 13.7. The van der Waals surface area contributed by atoms with Crippen molar-refractivity contribution >= 4 is 0 Å². The van der Waals surface area contributed by atoms with Crippen LogP contribution in [0.1, 0.15) is 72.1 Å². The van der Waals surface area contributed by atoms with Gasteiger partial charge < -0.3 is 23.8 Å². The molecule has 5 aliphatic rings. The topological polar surface area (TPSA) is 46.8 Å². The molecular formula is C29H45NO4. The maximum atomic E-state index is 6.21. The number of rotatable bonds is 9. The van der Waals surface area contributed by atoms with Crippen LogP contribution >= 0.6 is 0 Å². The van der Waals surface area contributed by atoms with E-state index in [-0.39, 0.29) is 11.2 Å². The zero-order chi connectivity index (χ0) is 23.6. The average Bonchev–Trinajstić information content (AvgIpc) is 3.73. The van der Waals surface area contributed by atoms with Gasteiger partial charge in [-0.25, -0.2) is 0 Å². The third kappa shape index (κ3) is 5.39. The lowest BCUT2D eigenvalue weighted by Crippen LogP contribution is -2.38. The van der Waals surface area contributed by atoms with Crippen LogP contribution in [-0.4, -0.2) is 75.4 Å². The van der Waals surface area contributed by atoms with Crippen molar-refractivity contribution in [2.75, 3.05) is 59.3 Å². The summed E-state index contributed by atoms with van der Waals surface area (Å²) in [4.78, 5) is 2.62. The zero-order valence-corrected chi connectivity index (χ0v) is 21.8. The van der Waals surface area contributed by atoms with E-state index in [0.717, 1.165) is 65.3 Å². The first-order valence-electron chi connectivity index (χ1n) is 13.7. The summed E-state index contributed by atoms with van der Waals surface area (Å²) in [6.07, 6.45) is 11.9. The van der Waals surface area contributed by atoms with Crippen LogP contribution < -0.4 is 0 Å². The van der Waals surface area contributed by atoms with Gasteiger partial charge >= 0.3 is 0 Å². The Morgan fingerprint density at radius 1 is 0.971 bits per heavy atom. The average molecular weight is 472 g/mol. The van der Waals surface area contributed by atoms with Crippen LogP contribution in [0.2, 0.25) is 0 Å². The molecule has 0 aromatic rings. The highest BCUT2D eigenvalue weighted by Gasteiger charge is 2.56. The van der Waals surface area contributed by atoms with Crippen LogP contribution in [0.4, 0.5) is 0 Å². The van der Waals surface area contributed by atoms with Gasteiger partial charge in [-0.05, 0) is 96.5 Å². The van der Waals surface area contributed by atoms with Crippen molar-refractivity contribution in [1.82, 2.24) is 4.90 Å². The molecule has 3 atom stereocenters. The van der Waals surface area contributed by atoms with Crippen molar-refractivity contribution in [1.29, 1.82) is 0 Å². The van der Waals surface area contributed by atoms with E-state index in [1.165, 1.54) is 73.2 Å².